The van der Waals surface area contributed by atoms with E-state index in [0.29, 0.717) is 0 Å². The number of para-hydroxylation sites is 1. The highest BCUT2D eigenvalue weighted by atomic mass is 32.2. The van der Waals surface area contributed by atoms with Crippen molar-refractivity contribution >= 4 is 15.5 Å². The second-order valence-corrected chi connectivity index (χ2v) is 6.90. The van der Waals surface area contributed by atoms with Crippen LogP contribution in [0.5, 0.6) is 0 Å². The van der Waals surface area contributed by atoms with Gasteiger partial charge in [-0.15, -0.1) is 0 Å². The van der Waals surface area contributed by atoms with Gasteiger partial charge in [-0.2, -0.15) is 13.2 Å². The van der Waals surface area contributed by atoms with E-state index in [1.54, 1.807) is 0 Å². The fraction of sp³-hybridized carbons (Fsp3) is 0.571. The molecule has 0 fully saturated rings. The fourth-order valence-electron chi connectivity index (χ4n) is 1.98. The van der Waals surface area contributed by atoms with Gasteiger partial charge in [0.05, 0.1) is 10.6 Å². The monoisotopic (exact) mass is 323 g/mol. The van der Waals surface area contributed by atoms with Crippen LogP contribution in [0.25, 0.3) is 0 Å². The molecule has 1 rings (SSSR count). The van der Waals surface area contributed by atoms with E-state index in [1.807, 2.05) is 6.92 Å². The van der Waals surface area contributed by atoms with Gasteiger partial charge in [0.1, 0.15) is 0 Å². The van der Waals surface area contributed by atoms with Gasteiger partial charge in [-0.25, -0.2) is 8.42 Å². The summed E-state index contributed by atoms with van der Waals surface area (Å²) in [6, 6.07) is 5.03. The molecule has 1 aromatic rings. The number of unbranched alkanes of at least 4 members (excludes halogenated alkanes) is 2. The molecule has 1 aromatic carbocycles. The van der Waals surface area contributed by atoms with Gasteiger partial charge in [-0.1, -0.05) is 38.3 Å². The first kappa shape index (κ1) is 17.8. The van der Waals surface area contributed by atoms with E-state index < -0.39 is 20.2 Å². The normalized spacial score (nSPS) is 14.0. The van der Waals surface area contributed by atoms with Crippen molar-refractivity contribution in [3.05, 3.63) is 24.3 Å². The molecular weight excluding hydrogens is 303 g/mol. The standard InChI is InChI=1S/C14H20F3NO2S/c1-3-4-5-8-11(2)18-12-9-6-7-10-13(12)21(19,20)14(15,16)17/h6-7,9-11,18H,3-5,8H2,1-2H3. The first-order valence-corrected chi connectivity index (χ1v) is 8.35. The molecule has 0 amide bonds. The minimum Gasteiger partial charge on any atom is -0.382 e. The average molecular weight is 323 g/mol. The Balaban J connectivity index is 2.96. The summed E-state index contributed by atoms with van der Waals surface area (Å²) in [7, 11) is -5.34. The third kappa shape index (κ3) is 4.62. The molecule has 0 heterocycles. The van der Waals surface area contributed by atoms with E-state index in [1.165, 1.54) is 18.2 Å². The molecule has 21 heavy (non-hydrogen) atoms. The molecular formula is C14H20F3NO2S. The maximum absolute atomic E-state index is 12.7. The highest BCUT2D eigenvalue weighted by Gasteiger charge is 2.47. The van der Waals surface area contributed by atoms with Crippen molar-refractivity contribution in [2.75, 3.05) is 5.32 Å². The Morgan fingerprint density at radius 1 is 1.19 bits per heavy atom. The van der Waals surface area contributed by atoms with Crippen LogP contribution in [-0.4, -0.2) is 20.0 Å². The van der Waals surface area contributed by atoms with Crippen molar-refractivity contribution in [1.29, 1.82) is 0 Å². The Labute approximate surface area is 123 Å². The summed E-state index contributed by atoms with van der Waals surface area (Å²) < 4.78 is 61.1. The second kappa shape index (κ2) is 7.15. The lowest BCUT2D eigenvalue weighted by Crippen LogP contribution is -2.25. The van der Waals surface area contributed by atoms with Crippen molar-refractivity contribution in [3.8, 4) is 0 Å². The van der Waals surface area contributed by atoms with E-state index in [4.69, 9.17) is 0 Å². The predicted molar refractivity (Wildman–Crippen MR) is 76.9 cm³/mol. The number of nitrogens with one attached hydrogen (secondary N) is 1. The lowest BCUT2D eigenvalue weighted by Gasteiger charge is -2.18. The van der Waals surface area contributed by atoms with E-state index in [9.17, 15) is 21.6 Å². The van der Waals surface area contributed by atoms with Gasteiger partial charge in [0.15, 0.2) is 0 Å². The van der Waals surface area contributed by atoms with Crippen LogP contribution in [0.2, 0.25) is 0 Å². The van der Waals surface area contributed by atoms with Gasteiger partial charge in [0.2, 0.25) is 0 Å². The number of rotatable bonds is 7. The number of hydrogen-bond acceptors (Lipinski definition) is 3. The molecule has 120 valence electrons. The molecule has 1 unspecified atom stereocenters. The molecule has 0 aliphatic carbocycles. The Hall–Kier alpha value is -1.24. The summed E-state index contributed by atoms with van der Waals surface area (Å²) in [5.74, 6) is 0. The van der Waals surface area contributed by atoms with Gasteiger partial charge >= 0.3 is 5.51 Å². The van der Waals surface area contributed by atoms with Crippen molar-refractivity contribution in [2.24, 2.45) is 0 Å². The molecule has 1 N–H and O–H groups in total. The summed E-state index contributed by atoms with van der Waals surface area (Å²) >= 11 is 0. The van der Waals surface area contributed by atoms with Crippen molar-refractivity contribution in [2.45, 2.75) is 56.0 Å². The maximum Gasteiger partial charge on any atom is 0.501 e. The Kier molecular flexibility index (Phi) is 6.07. The molecule has 0 aliphatic heterocycles. The van der Waals surface area contributed by atoms with Gasteiger partial charge < -0.3 is 5.32 Å². The number of halogens is 3. The van der Waals surface area contributed by atoms with Crippen LogP contribution >= 0.6 is 0 Å². The van der Waals surface area contributed by atoms with E-state index in [-0.39, 0.29) is 11.7 Å². The molecule has 0 spiro atoms. The van der Waals surface area contributed by atoms with Crippen LogP contribution in [0.4, 0.5) is 18.9 Å². The fourth-order valence-corrected chi connectivity index (χ4v) is 2.91. The number of sulfone groups is 1. The molecule has 0 aliphatic rings. The average Bonchev–Trinajstić information content (AvgIpc) is 2.38. The zero-order valence-corrected chi connectivity index (χ0v) is 12.9. The number of alkyl halides is 3. The molecule has 7 heteroatoms. The highest BCUT2D eigenvalue weighted by Crippen LogP contribution is 2.34. The SMILES string of the molecule is CCCCCC(C)Nc1ccccc1S(=O)(=O)C(F)(F)F. The molecule has 0 aromatic heterocycles. The van der Waals surface area contributed by atoms with Crippen molar-refractivity contribution < 1.29 is 21.6 Å². The van der Waals surface area contributed by atoms with Gasteiger partial charge in [0, 0.05) is 6.04 Å². The third-order valence-corrected chi connectivity index (χ3v) is 4.67. The molecule has 3 nitrogen and oxygen atoms in total. The van der Waals surface area contributed by atoms with Gasteiger partial charge in [-0.3, -0.25) is 0 Å². The molecule has 0 bridgehead atoms. The Bertz CT molecular complexity index is 556. The summed E-state index contributed by atoms with van der Waals surface area (Å²) in [6.45, 7) is 3.88. The molecule has 0 saturated heterocycles. The van der Waals surface area contributed by atoms with Crippen LogP contribution < -0.4 is 5.32 Å². The Morgan fingerprint density at radius 2 is 1.81 bits per heavy atom. The zero-order valence-electron chi connectivity index (χ0n) is 12.1. The van der Waals surface area contributed by atoms with E-state index in [0.717, 1.165) is 31.7 Å². The van der Waals surface area contributed by atoms with Crippen molar-refractivity contribution in [3.63, 3.8) is 0 Å². The van der Waals surface area contributed by atoms with Gasteiger partial charge in [-0.05, 0) is 25.5 Å². The summed E-state index contributed by atoms with van der Waals surface area (Å²) in [5.41, 5.74) is -5.30. The number of hydrogen-bond donors (Lipinski definition) is 1. The predicted octanol–water partition coefficient (Wildman–Crippen LogP) is 4.36. The summed E-state index contributed by atoms with van der Waals surface area (Å²) in [4.78, 5) is -0.722. The van der Waals surface area contributed by atoms with Crippen LogP contribution in [-0.2, 0) is 9.84 Å². The maximum atomic E-state index is 12.7. The zero-order chi connectivity index (χ0) is 16.1. The first-order valence-electron chi connectivity index (χ1n) is 6.87. The van der Waals surface area contributed by atoms with Crippen molar-refractivity contribution in [1.82, 2.24) is 0 Å². The highest BCUT2D eigenvalue weighted by molar-refractivity contribution is 7.92. The van der Waals surface area contributed by atoms with Crippen LogP contribution in [0.1, 0.15) is 39.5 Å². The van der Waals surface area contributed by atoms with Crippen LogP contribution in [0.3, 0.4) is 0 Å². The molecule has 1 atom stereocenters. The first-order chi connectivity index (χ1) is 9.70. The smallest absolute Gasteiger partial charge is 0.382 e. The van der Waals surface area contributed by atoms with E-state index in [2.05, 4.69) is 12.2 Å². The summed E-state index contributed by atoms with van der Waals surface area (Å²) in [6.07, 6.45) is 3.80. The molecule has 0 saturated carbocycles. The minimum atomic E-state index is -5.34. The third-order valence-electron chi connectivity index (χ3n) is 3.12. The minimum absolute atomic E-state index is 0.00109. The topological polar surface area (TPSA) is 46.2 Å². The quantitative estimate of drug-likeness (QED) is 0.758. The van der Waals surface area contributed by atoms with Crippen LogP contribution in [0.15, 0.2) is 29.2 Å². The van der Waals surface area contributed by atoms with E-state index >= 15 is 0 Å². The van der Waals surface area contributed by atoms with Gasteiger partial charge in [0.25, 0.3) is 9.84 Å². The van der Waals surface area contributed by atoms with Crippen LogP contribution in [0, 0.1) is 0 Å². The summed E-state index contributed by atoms with van der Waals surface area (Å²) in [5, 5.41) is 2.87. The molecule has 0 radical (unpaired) electrons. The number of benzene rings is 1. The Morgan fingerprint density at radius 3 is 2.38 bits per heavy atom. The lowest BCUT2D eigenvalue weighted by atomic mass is 10.1. The lowest BCUT2D eigenvalue weighted by molar-refractivity contribution is -0.0435. The largest absolute Gasteiger partial charge is 0.501 e. The second-order valence-electron chi connectivity index (χ2n) is 4.99. The number of anilines is 1.